The summed E-state index contributed by atoms with van der Waals surface area (Å²) in [6.07, 6.45) is 3.72. The molecule has 1 fully saturated rings. The first-order valence-corrected chi connectivity index (χ1v) is 6.37. The molecular weight excluding hydrogens is 216 g/mol. The van der Waals surface area contributed by atoms with Crippen LogP contribution in [0, 0.1) is 6.92 Å². The molecule has 1 aliphatic rings. The van der Waals surface area contributed by atoms with Crippen molar-refractivity contribution in [2.75, 3.05) is 5.88 Å². The summed E-state index contributed by atoms with van der Waals surface area (Å²) in [5.74, 6) is 0.718. The number of nitrogens with zero attached hydrogens (tertiary/aromatic N) is 1. The molecule has 1 aromatic heterocycles. The quantitative estimate of drug-likeness (QED) is 0.805. The van der Waals surface area contributed by atoms with E-state index >= 15 is 0 Å². The molecule has 0 amide bonds. The van der Waals surface area contributed by atoms with Crippen molar-refractivity contribution in [3.05, 3.63) is 16.1 Å². The van der Waals surface area contributed by atoms with Crippen molar-refractivity contribution in [1.82, 2.24) is 10.3 Å². The van der Waals surface area contributed by atoms with Crippen molar-refractivity contribution < 1.29 is 0 Å². The number of thiazole rings is 1. The third-order valence-electron chi connectivity index (χ3n) is 2.88. The van der Waals surface area contributed by atoms with E-state index in [2.05, 4.69) is 15.7 Å². The molecule has 0 aliphatic heterocycles. The summed E-state index contributed by atoms with van der Waals surface area (Å²) in [5.41, 5.74) is 1.35. The van der Waals surface area contributed by atoms with E-state index < -0.39 is 0 Å². The highest BCUT2D eigenvalue weighted by Gasteiger charge is 2.35. The molecule has 0 saturated heterocycles. The zero-order chi connectivity index (χ0) is 10.0. The van der Waals surface area contributed by atoms with Crippen molar-refractivity contribution in [2.45, 2.75) is 38.3 Å². The molecule has 14 heavy (non-hydrogen) atoms. The van der Waals surface area contributed by atoms with Crippen LogP contribution in [0.4, 0.5) is 0 Å². The number of halogens is 1. The highest BCUT2D eigenvalue weighted by molar-refractivity contribution is 7.09. The molecule has 0 atom stereocenters. The third kappa shape index (κ3) is 2.10. The molecule has 4 heteroatoms. The maximum atomic E-state index is 5.95. The molecule has 0 radical (unpaired) electrons. The first-order chi connectivity index (χ1) is 6.74. The average molecular weight is 231 g/mol. The van der Waals surface area contributed by atoms with Crippen LogP contribution < -0.4 is 5.32 Å². The first kappa shape index (κ1) is 10.4. The smallest absolute Gasteiger partial charge is 0.0897 e. The fraction of sp³-hybridized carbons (Fsp3) is 0.700. The monoisotopic (exact) mass is 230 g/mol. The van der Waals surface area contributed by atoms with Gasteiger partial charge in [-0.05, 0) is 26.2 Å². The van der Waals surface area contributed by atoms with Crippen molar-refractivity contribution in [1.29, 1.82) is 0 Å². The van der Waals surface area contributed by atoms with Crippen molar-refractivity contribution >= 4 is 22.9 Å². The maximum absolute atomic E-state index is 5.95. The highest BCUT2D eigenvalue weighted by atomic mass is 35.5. The van der Waals surface area contributed by atoms with Crippen LogP contribution in [-0.2, 0) is 6.54 Å². The van der Waals surface area contributed by atoms with E-state index in [4.69, 9.17) is 11.6 Å². The van der Waals surface area contributed by atoms with E-state index in [0.29, 0.717) is 0 Å². The van der Waals surface area contributed by atoms with E-state index in [-0.39, 0.29) is 5.54 Å². The summed E-state index contributed by atoms with van der Waals surface area (Å²) in [6.45, 7) is 2.89. The fourth-order valence-corrected chi connectivity index (χ4v) is 2.70. The van der Waals surface area contributed by atoms with Gasteiger partial charge in [0.15, 0.2) is 0 Å². The molecule has 2 nitrogen and oxygen atoms in total. The fourth-order valence-electron chi connectivity index (χ4n) is 1.73. The van der Waals surface area contributed by atoms with Gasteiger partial charge in [-0.3, -0.25) is 0 Å². The van der Waals surface area contributed by atoms with Gasteiger partial charge in [0.05, 0.1) is 10.7 Å². The molecule has 2 rings (SSSR count). The molecule has 0 bridgehead atoms. The van der Waals surface area contributed by atoms with Gasteiger partial charge in [0.2, 0.25) is 0 Å². The van der Waals surface area contributed by atoms with Gasteiger partial charge in [-0.25, -0.2) is 4.98 Å². The van der Waals surface area contributed by atoms with Gasteiger partial charge < -0.3 is 5.32 Å². The van der Waals surface area contributed by atoms with Crippen LogP contribution in [0.15, 0.2) is 5.38 Å². The summed E-state index contributed by atoms with van der Waals surface area (Å²) in [4.78, 5) is 4.42. The number of aryl methyl sites for hydroxylation is 1. The Morgan fingerprint density at radius 1 is 1.64 bits per heavy atom. The zero-order valence-corrected chi connectivity index (χ0v) is 9.92. The molecule has 1 aromatic rings. The zero-order valence-electron chi connectivity index (χ0n) is 8.35. The molecule has 0 aromatic carbocycles. The van der Waals surface area contributed by atoms with Gasteiger partial charge >= 0.3 is 0 Å². The Morgan fingerprint density at radius 3 is 2.86 bits per heavy atom. The third-order valence-corrected chi connectivity index (χ3v) is 4.21. The Morgan fingerprint density at radius 2 is 2.43 bits per heavy atom. The number of nitrogens with one attached hydrogen (secondary N) is 1. The minimum atomic E-state index is 0.207. The Labute approximate surface area is 93.7 Å². The summed E-state index contributed by atoms with van der Waals surface area (Å²) < 4.78 is 0. The van der Waals surface area contributed by atoms with Gasteiger partial charge in [-0.1, -0.05) is 0 Å². The van der Waals surface area contributed by atoms with E-state index in [1.54, 1.807) is 11.3 Å². The van der Waals surface area contributed by atoms with Crippen molar-refractivity contribution in [3.8, 4) is 0 Å². The minimum Gasteiger partial charge on any atom is -0.304 e. The summed E-state index contributed by atoms with van der Waals surface area (Å²) >= 11 is 7.66. The topological polar surface area (TPSA) is 24.9 Å². The van der Waals surface area contributed by atoms with Crippen LogP contribution >= 0.6 is 22.9 Å². The van der Waals surface area contributed by atoms with E-state index in [1.165, 1.54) is 19.3 Å². The predicted molar refractivity (Wildman–Crippen MR) is 61.0 cm³/mol. The van der Waals surface area contributed by atoms with Crippen LogP contribution in [0.3, 0.4) is 0 Å². The maximum Gasteiger partial charge on any atom is 0.0897 e. The molecule has 1 N–H and O–H groups in total. The predicted octanol–water partition coefficient (Wildman–Crippen LogP) is 2.70. The second kappa shape index (κ2) is 4.17. The second-order valence-electron chi connectivity index (χ2n) is 3.98. The van der Waals surface area contributed by atoms with Gasteiger partial charge in [-0.15, -0.1) is 22.9 Å². The Balaban J connectivity index is 1.87. The van der Waals surface area contributed by atoms with Crippen LogP contribution in [0.5, 0.6) is 0 Å². The lowest BCUT2D eigenvalue weighted by atomic mass is 9.78. The standard InChI is InChI=1S/C10H15ClN2S/c1-8-13-9(6-14-8)5-12-10(7-11)3-2-4-10/h6,12H,2-5,7H2,1H3. The van der Waals surface area contributed by atoms with Crippen LogP contribution in [0.2, 0.25) is 0 Å². The van der Waals surface area contributed by atoms with E-state index in [1.807, 2.05) is 6.92 Å². The molecule has 1 aliphatic carbocycles. The molecule has 0 spiro atoms. The van der Waals surface area contributed by atoms with Crippen molar-refractivity contribution in [3.63, 3.8) is 0 Å². The highest BCUT2D eigenvalue weighted by Crippen LogP contribution is 2.33. The van der Waals surface area contributed by atoms with Crippen LogP contribution in [-0.4, -0.2) is 16.4 Å². The number of aromatic nitrogens is 1. The van der Waals surface area contributed by atoms with E-state index in [9.17, 15) is 0 Å². The summed E-state index contributed by atoms with van der Waals surface area (Å²) in [5, 5.41) is 6.77. The lowest BCUT2D eigenvalue weighted by Gasteiger charge is -2.41. The summed E-state index contributed by atoms with van der Waals surface area (Å²) in [6, 6.07) is 0. The largest absolute Gasteiger partial charge is 0.304 e. The Bertz CT molecular complexity index is 301. The lowest BCUT2D eigenvalue weighted by Crippen LogP contribution is -2.52. The second-order valence-corrected chi connectivity index (χ2v) is 5.31. The molecule has 0 unspecified atom stereocenters. The SMILES string of the molecule is Cc1nc(CNC2(CCl)CCC2)cs1. The number of hydrogen-bond acceptors (Lipinski definition) is 3. The molecule has 1 saturated carbocycles. The lowest BCUT2D eigenvalue weighted by molar-refractivity contribution is 0.210. The number of hydrogen-bond donors (Lipinski definition) is 1. The van der Waals surface area contributed by atoms with Crippen molar-refractivity contribution in [2.24, 2.45) is 0 Å². The first-order valence-electron chi connectivity index (χ1n) is 4.96. The van der Waals surface area contributed by atoms with E-state index in [0.717, 1.165) is 23.1 Å². The van der Waals surface area contributed by atoms with Gasteiger partial charge in [0, 0.05) is 23.3 Å². The van der Waals surface area contributed by atoms with Crippen LogP contribution in [0.1, 0.15) is 30.0 Å². The molecule has 1 heterocycles. The van der Waals surface area contributed by atoms with Crippen LogP contribution in [0.25, 0.3) is 0 Å². The minimum absolute atomic E-state index is 0.207. The summed E-state index contributed by atoms with van der Waals surface area (Å²) in [7, 11) is 0. The number of rotatable bonds is 4. The Hall–Kier alpha value is -0.120. The average Bonchev–Trinajstić information content (AvgIpc) is 2.50. The van der Waals surface area contributed by atoms with Gasteiger partial charge in [0.1, 0.15) is 0 Å². The normalized spacial score (nSPS) is 19.3. The molecule has 78 valence electrons. The van der Waals surface area contributed by atoms with Gasteiger partial charge in [-0.2, -0.15) is 0 Å². The molecular formula is C10H15ClN2S. The van der Waals surface area contributed by atoms with Gasteiger partial charge in [0.25, 0.3) is 0 Å². The number of alkyl halides is 1. The Kier molecular flexibility index (Phi) is 3.10.